The summed E-state index contributed by atoms with van der Waals surface area (Å²) in [5.41, 5.74) is 8.93. The van der Waals surface area contributed by atoms with Crippen molar-refractivity contribution < 1.29 is 14.3 Å². The van der Waals surface area contributed by atoms with Crippen LogP contribution in [0.5, 0.6) is 11.5 Å². The fourth-order valence-electron chi connectivity index (χ4n) is 4.66. The number of ether oxygens (including phenoxy) is 2. The Morgan fingerprint density at radius 3 is 2.82 bits per heavy atom. The zero-order chi connectivity index (χ0) is 20.3. The van der Waals surface area contributed by atoms with Gasteiger partial charge in [-0.25, -0.2) is 0 Å². The minimum absolute atomic E-state index is 0.220. The van der Waals surface area contributed by atoms with Crippen molar-refractivity contribution >= 4 is 5.97 Å². The molecule has 0 saturated carbocycles. The van der Waals surface area contributed by atoms with E-state index in [2.05, 4.69) is 45.9 Å². The van der Waals surface area contributed by atoms with E-state index in [1.54, 1.807) is 0 Å². The first-order chi connectivity index (χ1) is 13.4. The Kier molecular flexibility index (Phi) is 6.49. The third kappa shape index (κ3) is 4.43. The first kappa shape index (κ1) is 20.9. The zero-order valence-corrected chi connectivity index (χ0v) is 17.8. The van der Waals surface area contributed by atoms with Gasteiger partial charge in [-0.05, 0) is 64.2 Å². The number of benzene rings is 1. The highest BCUT2D eigenvalue weighted by Gasteiger charge is 2.45. The van der Waals surface area contributed by atoms with Crippen molar-refractivity contribution in [2.45, 2.75) is 84.2 Å². The molecule has 0 amide bonds. The smallest absolute Gasteiger partial charge is 0.312 e. The molecule has 4 heteroatoms. The number of fused-ring (bicyclic) bond motifs is 3. The number of rotatable bonds is 7. The Hall–Kier alpha value is -1.81. The molecular formula is C24H35NO3. The quantitative estimate of drug-likeness (QED) is 0.300. The van der Waals surface area contributed by atoms with E-state index in [1.165, 1.54) is 24.0 Å². The van der Waals surface area contributed by atoms with E-state index in [0.717, 1.165) is 37.0 Å². The molecule has 4 nitrogen and oxygen atoms in total. The van der Waals surface area contributed by atoms with Crippen LogP contribution in [0, 0.1) is 5.92 Å². The molecule has 1 aliphatic heterocycles. The van der Waals surface area contributed by atoms with Crippen LogP contribution in [0.15, 0.2) is 23.8 Å². The maximum absolute atomic E-state index is 12.3. The largest absolute Gasteiger partial charge is 0.487 e. The van der Waals surface area contributed by atoms with Crippen molar-refractivity contribution in [3.8, 4) is 11.5 Å². The van der Waals surface area contributed by atoms with Gasteiger partial charge in [0.2, 0.25) is 0 Å². The van der Waals surface area contributed by atoms with Gasteiger partial charge in [-0.3, -0.25) is 4.79 Å². The standard InChI is InChI=1S/C24H35NO3/c1-5-6-7-8-17-14-20(27-22(26)11-12-25)23-18-13-16(2)9-10-19(18)24(3,4)28-21(23)15-17/h13-15,18-19H,5-12,25H2,1-4H3/t18-,19?/m1/s1. The normalized spacial score (nSPS) is 22.5. The van der Waals surface area contributed by atoms with E-state index in [-0.39, 0.29) is 23.9 Å². The van der Waals surface area contributed by atoms with Gasteiger partial charge in [0.1, 0.15) is 17.1 Å². The van der Waals surface area contributed by atoms with Gasteiger partial charge in [0, 0.05) is 23.9 Å². The SMILES string of the molecule is CCCCCc1cc(OC(=O)CCN)c2c(c1)OC(C)(C)C1CCC(C)=C[C@@H]21. The highest BCUT2D eigenvalue weighted by molar-refractivity contribution is 5.74. The maximum Gasteiger partial charge on any atom is 0.312 e. The van der Waals surface area contributed by atoms with Gasteiger partial charge in [0.25, 0.3) is 0 Å². The Balaban J connectivity index is 2.05. The molecule has 28 heavy (non-hydrogen) atoms. The molecule has 2 atom stereocenters. The predicted octanol–water partition coefficient (Wildman–Crippen LogP) is 5.28. The number of aryl methyl sites for hydroxylation is 1. The first-order valence-corrected chi connectivity index (χ1v) is 10.8. The molecule has 0 fully saturated rings. The van der Waals surface area contributed by atoms with Crippen molar-refractivity contribution in [3.63, 3.8) is 0 Å². The van der Waals surface area contributed by atoms with Crippen LogP contribution in [0.2, 0.25) is 0 Å². The number of hydrogen-bond donors (Lipinski definition) is 1. The lowest BCUT2D eigenvalue weighted by molar-refractivity contribution is -0.134. The fourth-order valence-corrected chi connectivity index (χ4v) is 4.66. The summed E-state index contributed by atoms with van der Waals surface area (Å²) in [7, 11) is 0. The van der Waals surface area contributed by atoms with Gasteiger partial charge in [0.15, 0.2) is 0 Å². The highest BCUT2D eigenvalue weighted by Crippen LogP contribution is 2.53. The van der Waals surface area contributed by atoms with E-state index in [1.807, 2.05) is 0 Å². The van der Waals surface area contributed by atoms with Crippen LogP contribution < -0.4 is 15.2 Å². The van der Waals surface area contributed by atoms with Gasteiger partial charge in [-0.1, -0.05) is 31.4 Å². The topological polar surface area (TPSA) is 61.5 Å². The van der Waals surface area contributed by atoms with E-state index in [9.17, 15) is 4.79 Å². The van der Waals surface area contributed by atoms with Crippen LogP contribution >= 0.6 is 0 Å². The Morgan fingerprint density at radius 1 is 1.32 bits per heavy atom. The molecule has 1 heterocycles. The van der Waals surface area contributed by atoms with Gasteiger partial charge >= 0.3 is 5.97 Å². The molecule has 0 spiro atoms. The zero-order valence-electron chi connectivity index (χ0n) is 17.8. The second-order valence-corrected chi connectivity index (χ2v) is 8.87. The van der Waals surface area contributed by atoms with E-state index < -0.39 is 0 Å². The molecule has 0 saturated heterocycles. The summed E-state index contributed by atoms with van der Waals surface area (Å²) in [5, 5.41) is 0. The first-order valence-electron chi connectivity index (χ1n) is 10.8. The third-order valence-corrected chi connectivity index (χ3v) is 6.15. The van der Waals surface area contributed by atoms with E-state index in [4.69, 9.17) is 15.2 Å². The number of carbonyl (C=O) groups excluding carboxylic acids is 1. The average molecular weight is 386 g/mol. The lowest BCUT2D eigenvalue weighted by Crippen LogP contribution is -2.45. The molecule has 0 aromatic heterocycles. The monoisotopic (exact) mass is 385 g/mol. The summed E-state index contributed by atoms with van der Waals surface area (Å²) in [6.07, 6.45) is 9.24. The van der Waals surface area contributed by atoms with Crippen molar-refractivity contribution in [3.05, 3.63) is 34.9 Å². The molecule has 1 aromatic carbocycles. The number of nitrogens with two attached hydrogens (primary N) is 1. The van der Waals surface area contributed by atoms with Crippen molar-refractivity contribution in [1.29, 1.82) is 0 Å². The van der Waals surface area contributed by atoms with Gasteiger partial charge in [-0.2, -0.15) is 0 Å². The number of hydrogen-bond acceptors (Lipinski definition) is 4. The van der Waals surface area contributed by atoms with Crippen molar-refractivity contribution in [2.24, 2.45) is 11.7 Å². The maximum atomic E-state index is 12.3. The summed E-state index contributed by atoms with van der Waals surface area (Å²) in [6.45, 7) is 9.07. The van der Waals surface area contributed by atoms with E-state index in [0.29, 0.717) is 18.2 Å². The molecule has 2 aliphatic rings. The molecule has 0 bridgehead atoms. The molecule has 1 unspecified atom stereocenters. The number of unbranched alkanes of at least 4 members (excludes halogenated alkanes) is 2. The Bertz CT molecular complexity index is 750. The summed E-state index contributed by atoms with van der Waals surface area (Å²) in [5.74, 6) is 1.87. The van der Waals surface area contributed by atoms with Gasteiger partial charge < -0.3 is 15.2 Å². The van der Waals surface area contributed by atoms with Crippen molar-refractivity contribution in [2.75, 3.05) is 6.54 Å². The van der Waals surface area contributed by atoms with Crippen LogP contribution in [0.4, 0.5) is 0 Å². The molecular weight excluding hydrogens is 350 g/mol. The Morgan fingerprint density at radius 2 is 2.11 bits per heavy atom. The summed E-state index contributed by atoms with van der Waals surface area (Å²) in [4.78, 5) is 12.3. The minimum Gasteiger partial charge on any atom is -0.487 e. The number of allylic oxidation sites excluding steroid dienone is 2. The molecule has 1 aliphatic carbocycles. The van der Waals surface area contributed by atoms with Crippen LogP contribution in [0.1, 0.15) is 83.3 Å². The molecule has 154 valence electrons. The predicted molar refractivity (Wildman–Crippen MR) is 113 cm³/mol. The van der Waals surface area contributed by atoms with Crippen molar-refractivity contribution in [1.82, 2.24) is 0 Å². The summed E-state index contributed by atoms with van der Waals surface area (Å²) in [6, 6.07) is 4.22. The number of esters is 1. The van der Waals surface area contributed by atoms with E-state index >= 15 is 0 Å². The summed E-state index contributed by atoms with van der Waals surface area (Å²) < 4.78 is 12.3. The van der Waals surface area contributed by atoms with Gasteiger partial charge in [-0.15, -0.1) is 0 Å². The molecule has 2 N–H and O–H groups in total. The van der Waals surface area contributed by atoms with Crippen LogP contribution in [-0.4, -0.2) is 18.1 Å². The van der Waals surface area contributed by atoms with Crippen LogP contribution in [0.3, 0.4) is 0 Å². The fraction of sp³-hybridized carbons (Fsp3) is 0.625. The molecule has 0 radical (unpaired) electrons. The highest BCUT2D eigenvalue weighted by atomic mass is 16.5. The summed E-state index contributed by atoms with van der Waals surface area (Å²) >= 11 is 0. The lowest BCUT2D eigenvalue weighted by Gasteiger charge is -2.46. The minimum atomic E-state index is -0.270. The van der Waals surface area contributed by atoms with Gasteiger partial charge in [0.05, 0.1) is 6.42 Å². The average Bonchev–Trinajstić information content (AvgIpc) is 2.61. The third-order valence-electron chi connectivity index (χ3n) is 6.15. The molecule has 3 rings (SSSR count). The lowest BCUT2D eigenvalue weighted by atomic mass is 9.68. The number of carbonyl (C=O) groups is 1. The second-order valence-electron chi connectivity index (χ2n) is 8.87. The van der Waals surface area contributed by atoms with Crippen LogP contribution in [-0.2, 0) is 11.2 Å². The Labute approximate surface area is 169 Å². The second kappa shape index (κ2) is 8.69. The molecule has 1 aromatic rings. The van der Waals surface area contributed by atoms with Crippen LogP contribution in [0.25, 0.3) is 0 Å².